The second-order valence-electron chi connectivity index (χ2n) is 3.34. The molecule has 0 radical (unpaired) electrons. The lowest BCUT2D eigenvalue weighted by atomic mass is 10.2. The molecule has 82 valence electrons. The summed E-state index contributed by atoms with van der Waals surface area (Å²) in [4.78, 5) is 0. The molecule has 0 fully saturated rings. The number of nitrogens with one attached hydrogen (secondary N) is 1. The highest BCUT2D eigenvalue weighted by Gasteiger charge is 2.03. The first-order valence-electron chi connectivity index (χ1n) is 4.73. The van der Waals surface area contributed by atoms with Crippen LogP contribution in [0.15, 0.2) is 42.5 Å². The number of rotatable bonds is 2. The number of nitrogens with two attached hydrogens (primary N) is 1. The Hall–Kier alpha value is -1.30. The predicted molar refractivity (Wildman–Crippen MR) is 73.3 cm³/mol. The molecule has 0 unspecified atom stereocenters. The van der Waals surface area contributed by atoms with Crippen molar-refractivity contribution in [3.8, 4) is 0 Å². The van der Waals surface area contributed by atoms with Gasteiger partial charge in [0.05, 0.1) is 17.1 Å². The second kappa shape index (κ2) is 4.69. The minimum absolute atomic E-state index is 0.291. The zero-order valence-corrected chi connectivity index (χ0v) is 10.5. The average Bonchev–Trinajstić information content (AvgIpc) is 2.25. The molecule has 0 atom stereocenters. The van der Waals surface area contributed by atoms with Crippen molar-refractivity contribution in [3.05, 3.63) is 51.9 Å². The van der Waals surface area contributed by atoms with Gasteiger partial charge in [0, 0.05) is 3.57 Å². The molecule has 4 heteroatoms. The average molecular weight is 328 g/mol. The summed E-state index contributed by atoms with van der Waals surface area (Å²) < 4.78 is 14.4. The summed E-state index contributed by atoms with van der Waals surface area (Å²) in [5, 5.41) is 2.96. The molecule has 2 rings (SSSR count). The molecule has 0 saturated heterocycles. The van der Waals surface area contributed by atoms with Gasteiger partial charge in [-0.25, -0.2) is 4.39 Å². The number of anilines is 3. The molecule has 2 aromatic rings. The van der Waals surface area contributed by atoms with E-state index in [1.807, 2.05) is 18.2 Å². The van der Waals surface area contributed by atoms with Gasteiger partial charge in [-0.2, -0.15) is 0 Å². The minimum Gasteiger partial charge on any atom is -0.397 e. The van der Waals surface area contributed by atoms with Crippen LogP contribution in [-0.2, 0) is 0 Å². The van der Waals surface area contributed by atoms with Gasteiger partial charge in [-0.15, -0.1) is 0 Å². The van der Waals surface area contributed by atoms with Gasteiger partial charge < -0.3 is 11.1 Å². The van der Waals surface area contributed by atoms with Crippen LogP contribution in [-0.4, -0.2) is 0 Å². The summed E-state index contributed by atoms with van der Waals surface area (Å²) in [6.45, 7) is 0. The largest absolute Gasteiger partial charge is 0.397 e. The maximum Gasteiger partial charge on any atom is 0.146 e. The Kier molecular flexibility index (Phi) is 3.28. The lowest BCUT2D eigenvalue weighted by Gasteiger charge is -2.10. The molecule has 0 heterocycles. The van der Waals surface area contributed by atoms with Crippen molar-refractivity contribution >= 4 is 39.7 Å². The molecule has 0 amide bonds. The fraction of sp³-hybridized carbons (Fsp3) is 0. The number of hydrogen-bond donors (Lipinski definition) is 2. The third-order valence-electron chi connectivity index (χ3n) is 2.16. The van der Waals surface area contributed by atoms with E-state index in [4.69, 9.17) is 5.73 Å². The molecule has 2 aromatic carbocycles. The maximum atomic E-state index is 13.4. The van der Waals surface area contributed by atoms with Crippen molar-refractivity contribution in [1.82, 2.24) is 0 Å². The highest BCUT2D eigenvalue weighted by Crippen LogP contribution is 2.25. The third-order valence-corrected chi connectivity index (χ3v) is 2.83. The molecule has 0 bridgehead atoms. The maximum absolute atomic E-state index is 13.4. The number of nitrogen functional groups attached to an aromatic ring is 1. The van der Waals surface area contributed by atoms with Gasteiger partial charge in [-0.3, -0.25) is 0 Å². The van der Waals surface area contributed by atoms with Crippen LogP contribution in [0, 0.1) is 9.39 Å². The lowest BCUT2D eigenvalue weighted by Crippen LogP contribution is -1.98. The Morgan fingerprint density at radius 3 is 2.50 bits per heavy atom. The van der Waals surface area contributed by atoms with Crippen LogP contribution in [0.25, 0.3) is 0 Å². The van der Waals surface area contributed by atoms with E-state index in [-0.39, 0.29) is 5.82 Å². The van der Waals surface area contributed by atoms with Crippen molar-refractivity contribution in [2.75, 3.05) is 11.1 Å². The zero-order valence-electron chi connectivity index (χ0n) is 8.37. The van der Waals surface area contributed by atoms with Crippen LogP contribution in [0.4, 0.5) is 21.5 Å². The van der Waals surface area contributed by atoms with Gasteiger partial charge in [0.1, 0.15) is 5.82 Å². The van der Waals surface area contributed by atoms with Crippen molar-refractivity contribution in [2.24, 2.45) is 0 Å². The monoisotopic (exact) mass is 328 g/mol. The van der Waals surface area contributed by atoms with E-state index >= 15 is 0 Å². The first kappa shape index (κ1) is 11.2. The highest BCUT2D eigenvalue weighted by atomic mass is 127. The second-order valence-corrected chi connectivity index (χ2v) is 4.58. The normalized spacial score (nSPS) is 10.1. The van der Waals surface area contributed by atoms with E-state index in [0.717, 1.165) is 3.57 Å². The topological polar surface area (TPSA) is 38.0 Å². The quantitative estimate of drug-likeness (QED) is 0.651. The summed E-state index contributed by atoms with van der Waals surface area (Å²) in [5.41, 5.74) is 7.58. The van der Waals surface area contributed by atoms with Crippen molar-refractivity contribution in [3.63, 3.8) is 0 Å². The molecule has 0 aliphatic carbocycles. The van der Waals surface area contributed by atoms with Gasteiger partial charge in [0.2, 0.25) is 0 Å². The first-order valence-corrected chi connectivity index (χ1v) is 5.81. The number of halogens is 2. The summed E-state index contributed by atoms with van der Waals surface area (Å²) in [7, 11) is 0. The summed E-state index contributed by atoms with van der Waals surface area (Å²) in [6.07, 6.45) is 0. The van der Waals surface area contributed by atoms with E-state index < -0.39 is 0 Å². The minimum atomic E-state index is -0.291. The Bertz CT molecular complexity index is 514. The first-order chi connectivity index (χ1) is 7.66. The van der Waals surface area contributed by atoms with E-state index in [2.05, 4.69) is 27.9 Å². The van der Waals surface area contributed by atoms with Crippen molar-refractivity contribution < 1.29 is 4.39 Å². The van der Waals surface area contributed by atoms with Crippen LogP contribution in [0.3, 0.4) is 0 Å². The third kappa shape index (κ3) is 2.44. The molecule has 0 aliphatic rings. The molecule has 16 heavy (non-hydrogen) atoms. The Morgan fingerprint density at radius 1 is 1.06 bits per heavy atom. The molecule has 0 saturated carbocycles. The summed E-state index contributed by atoms with van der Waals surface area (Å²) in [5.74, 6) is -0.291. The summed E-state index contributed by atoms with van der Waals surface area (Å²) >= 11 is 2.18. The van der Waals surface area contributed by atoms with E-state index in [9.17, 15) is 4.39 Å². The highest BCUT2D eigenvalue weighted by molar-refractivity contribution is 14.1. The Morgan fingerprint density at radius 2 is 1.81 bits per heavy atom. The van der Waals surface area contributed by atoms with Crippen LogP contribution >= 0.6 is 22.6 Å². The predicted octanol–water partition coefficient (Wildman–Crippen LogP) is 3.76. The number of benzene rings is 2. The Balaban J connectivity index is 2.31. The molecule has 0 aromatic heterocycles. The van der Waals surface area contributed by atoms with Crippen LogP contribution in [0.2, 0.25) is 0 Å². The van der Waals surface area contributed by atoms with Gasteiger partial charge >= 0.3 is 0 Å². The van der Waals surface area contributed by atoms with Gasteiger partial charge in [-0.05, 0) is 52.9 Å². The molecular formula is C12H10FIN2. The molecule has 3 N–H and O–H groups in total. The van der Waals surface area contributed by atoms with Gasteiger partial charge in [0.25, 0.3) is 0 Å². The molecule has 2 nitrogen and oxygen atoms in total. The standard InChI is InChI=1S/C12H10FIN2/c13-9-3-1-2-4-11(9)16-12-6-5-8(14)7-10(12)15/h1-7,16H,15H2. The zero-order chi connectivity index (χ0) is 11.5. The van der Waals surface area contributed by atoms with Gasteiger partial charge in [-0.1, -0.05) is 12.1 Å². The number of para-hydroxylation sites is 1. The Labute approximate surface area is 107 Å². The van der Waals surface area contributed by atoms with Crippen molar-refractivity contribution in [2.45, 2.75) is 0 Å². The van der Waals surface area contributed by atoms with E-state index in [0.29, 0.717) is 17.1 Å². The summed E-state index contributed by atoms with van der Waals surface area (Å²) in [6, 6.07) is 12.1. The van der Waals surface area contributed by atoms with E-state index in [1.54, 1.807) is 18.2 Å². The van der Waals surface area contributed by atoms with Crippen LogP contribution < -0.4 is 11.1 Å². The van der Waals surface area contributed by atoms with Gasteiger partial charge in [0.15, 0.2) is 0 Å². The molecule has 0 aliphatic heterocycles. The van der Waals surface area contributed by atoms with Crippen LogP contribution in [0.5, 0.6) is 0 Å². The molecular weight excluding hydrogens is 318 g/mol. The van der Waals surface area contributed by atoms with Crippen LogP contribution in [0.1, 0.15) is 0 Å². The van der Waals surface area contributed by atoms with Crippen molar-refractivity contribution in [1.29, 1.82) is 0 Å². The molecule has 0 spiro atoms. The fourth-order valence-electron chi connectivity index (χ4n) is 1.36. The van der Waals surface area contributed by atoms with E-state index in [1.165, 1.54) is 6.07 Å². The smallest absolute Gasteiger partial charge is 0.146 e. The number of hydrogen-bond acceptors (Lipinski definition) is 2. The SMILES string of the molecule is Nc1cc(I)ccc1Nc1ccccc1F. The lowest BCUT2D eigenvalue weighted by molar-refractivity contribution is 0.632. The fourth-order valence-corrected chi connectivity index (χ4v) is 1.87.